The van der Waals surface area contributed by atoms with Gasteiger partial charge < -0.3 is 10.1 Å². The van der Waals surface area contributed by atoms with E-state index < -0.39 is 21.8 Å². The first-order valence-corrected chi connectivity index (χ1v) is 11.1. The van der Waals surface area contributed by atoms with E-state index in [1.165, 1.54) is 28.6 Å². The predicted octanol–water partition coefficient (Wildman–Crippen LogP) is 3.57. The van der Waals surface area contributed by atoms with E-state index in [2.05, 4.69) is 5.32 Å². The number of sulfonamides is 1. The molecule has 2 aromatic rings. The molecule has 29 heavy (non-hydrogen) atoms. The highest BCUT2D eigenvalue weighted by molar-refractivity contribution is 7.89. The van der Waals surface area contributed by atoms with Crippen molar-refractivity contribution in [2.24, 2.45) is 5.92 Å². The van der Waals surface area contributed by atoms with E-state index in [9.17, 15) is 17.6 Å². The fraction of sp³-hybridized carbons (Fsp3) is 0.381. The average Bonchev–Trinajstić information content (AvgIpc) is 2.69. The summed E-state index contributed by atoms with van der Waals surface area (Å²) in [5.41, 5.74) is 1.10. The lowest BCUT2D eigenvalue weighted by atomic mass is 9.99. The Morgan fingerprint density at radius 3 is 2.76 bits per heavy atom. The molecule has 0 saturated carbocycles. The fourth-order valence-electron chi connectivity index (χ4n) is 3.43. The number of hydrogen-bond donors (Lipinski definition) is 1. The Morgan fingerprint density at radius 2 is 2.07 bits per heavy atom. The van der Waals surface area contributed by atoms with Gasteiger partial charge in [0.2, 0.25) is 15.9 Å². The maximum absolute atomic E-state index is 13.3. The summed E-state index contributed by atoms with van der Waals surface area (Å²) < 4.78 is 46.3. The summed E-state index contributed by atoms with van der Waals surface area (Å²) in [4.78, 5) is 12.8. The number of aryl methyl sites for hydroxylation is 1. The lowest BCUT2D eigenvalue weighted by Gasteiger charge is -2.31. The van der Waals surface area contributed by atoms with Gasteiger partial charge in [0.1, 0.15) is 11.6 Å². The third-order valence-electron chi connectivity index (χ3n) is 4.93. The molecule has 2 aromatic carbocycles. The minimum absolute atomic E-state index is 0.0930. The van der Waals surface area contributed by atoms with E-state index in [1.54, 1.807) is 25.1 Å². The number of benzene rings is 2. The number of piperidine rings is 1. The van der Waals surface area contributed by atoms with E-state index in [0.29, 0.717) is 37.4 Å². The predicted molar refractivity (Wildman–Crippen MR) is 109 cm³/mol. The zero-order valence-corrected chi connectivity index (χ0v) is 17.3. The van der Waals surface area contributed by atoms with Gasteiger partial charge >= 0.3 is 0 Å². The number of ether oxygens (including phenoxy) is 1. The molecule has 0 radical (unpaired) electrons. The van der Waals surface area contributed by atoms with Crippen LogP contribution in [0.15, 0.2) is 47.4 Å². The molecule has 1 fully saturated rings. The molecule has 0 aromatic heterocycles. The molecule has 0 unspecified atom stereocenters. The number of carbonyl (C=O) groups is 1. The van der Waals surface area contributed by atoms with Crippen LogP contribution in [-0.2, 0) is 14.8 Å². The van der Waals surface area contributed by atoms with Crippen LogP contribution in [0.5, 0.6) is 5.75 Å². The molecule has 1 N–H and O–H groups in total. The molecule has 1 amide bonds. The van der Waals surface area contributed by atoms with Gasteiger partial charge in [-0.1, -0.05) is 6.07 Å². The molecular formula is C21H25FN2O4S. The number of halogens is 1. The summed E-state index contributed by atoms with van der Waals surface area (Å²) >= 11 is 0. The normalized spacial score (nSPS) is 17.7. The second-order valence-electron chi connectivity index (χ2n) is 7.06. The second kappa shape index (κ2) is 8.92. The number of carbonyl (C=O) groups excluding carboxylic acids is 1. The smallest absolute Gasteiger partial charge is 0.243 e. The zero-order valence-electron chi connectivity index (χ0n) is 16.5. The zero-order chi connectivity index (χ0) is 21.0. The highest BCUT2D eigenvalue weighted by Gasteiger charge is 2.33. The number of nitrogens with one attached hydrogen (secondary N) is 1. The first-order valence-electron chi connectivity index (χ1n) is 9.61. The summed E-state index contributed by atoms with van der Waals surface area (Å²) in [5.74, 6) is -0.595. The molecule has 1 atom stereocenters. The maximum atomic E-state index is 13.3. The number of rotatable bonds is 6. The van der Waals surface area contributed by atoms with Gasteiger partial charge in [-0.25, -0.2) is 12.8 Å². The van der Waals surface area contributed by atoms with Crippen LogP contribution in [0.3, 0.4) is 0 Å². The van der Waals surface area contributed by atoms with Crippen LogP contribution < -0.4 is 10.1 Å². The molecule has 3 rings (SSSR count). The number of nitrogens with zero attached hydrogens (tertiary/aromatic N) is 1. The quantitative estimate of drug-likeness (QED) is 0.775. The van der Waals surface area contributed by atoms with Crippen molar-refractivity contribution in [3.8, 4) is 5.75 Å². The van der Waals surface area contributed by atoms with E-state index in [4.69, 9.17) is 4.74 Å². The summed E-state index contributed by atoms with van der Waals surface area (Å²) in [7, 11) is -3.72. The summed E-state index contributed by atoms with van der Waals surface area (Å²) in [6, 6.07) is 10.4. The molecule has 1 aliphatic heterocycles. The lowest BCUT2D eigenvalue weighted by molar-refractivity contribution is -0.120. The third-order valence-corrected chi connectivity index (χ3v) is 6.79. The van der Waals surface area contributed by atoms with Gasteiger partial charge in [-0.15, -0.1) is 0 Å². The Morgan fingerprint density at radius 1 is 1.28 bits per heavy atom. The molecule has 0 spiro atoms. The van der Waals surface area contributed by atoms with Crippen molar-refractivity contribution in [1.29, 1.82) is 0 Å². The Labute approximate surface area is 170 Å². The monoisotopic (exact) mass is 420 g/mol. The molecule has 0 aliphatic carbocycles. The van der Waals surface area contributed by atoms with Gasteiger partial charge in [0.05, 0.1) is 17.4 Å². The van der Waals surface area contributed by atoms with Gasteiger partial charge in [-0.3, -0.25) is 4.79 Å². The molecular weight excluding hydrogens is 395 g/mol. The Balaban J connectivity index is 1.73. The average molecular weight is 421 g/mol. The van der Waals surface area contributed by atoms with Gasteiger partial charge in [0, 0.05) is 18.8 Å². The molecule has 1 heterocycles. The van der Waals surface area contributed by atoms with Gasteiger partial charge in [0.15, 0.2) is 0 Å². The van der Waals surface area contributed by atoms with E-state index in [-0.39, 0.29) is 17.3 Å². The van der Waals surface area contributed by atoms with Gasteiger partial charge in [-0.05, 0) is 68.7 Å². The summed E-state index contributed by atoms with van der Waals surface area (Å²) in [6.07, 6.45) is 1.16. The van der Waals surface area contributed by atoms with Crippen molar-refractivity contribution in [3.05, 3.63) is 53.8 Å². The Bertz CT molecular complexity index is 994. The molecule has 1 saturated heterocycles. The van der Waals surface area contributed by atoms with Crippen LogP contribution >= 0.6 is 0 Å². The molecule has 6 nitrogen and oxygen atoms in total. The molecule has 156 valence electrons. The summed E-state index contributed by atoms with van der Waals surface area (Å²) in [5, 5.41) is 2.68. The van der Waals surface area contributed by atoms with Crippen LogP contribution in [0.1, 0.15) is 25.3 Å². The number of hydrogen-bond acceptors (Lipinski definition) is 4. The van der Waals surface area contributed by atoms with Crippen molar-refractivity contribution in [1.82, 2.24) is 4.31 Å². The Kier molecular flexibility index (Phi) is 6.54. The maximum Gasteiger partial charge on any atom is 0.243 e. The second-order valence-corrected chi connectivity index (χ2v) is 9.00. The van der Waals surface area contributed by atoms with Crippen molar-refractivity contribution < 1.29 is 22.3 Å². The van der Waals surface area contributed by atoms with Crippen LogP contribution in [0, 0.1) is 18.7 Å². The number of amides is 1. The molecule has 8 heteroatoms. The first-order chi connectivity index (χ1) is 13.8. The minimum atomic E-state index is -3.72. The van der Waals surface area contributed by atoms with Crippen LogP contribution in [-0.4, -0.2) is 38.3 Å². The van der Waals surface area contributed by atoms with Crippen LogP contribution in [0.2, 0.25) is 0 Å². The van der Waals surface area contributed by atoms with E-state index in [1.807, 2.05) is 6.92 Å². The molecule has 0 bridgehead atoms. The summed E-state index contributed by atoms with van der Waals surface area (Å²) in [6.45, 7) is 4.62. The minimum Gasteiger partial charge on any atom is -0.494 e. The van der Waals surface area contributed by atoms with Crippen molar-refractivity contribution in [2.75, 3.05) is 25.0 Å². The van der Waals surface area contributed by atoms with Crippen molar-refractivity contribution in [2.45, 2.75) is 31.6 Å². The largest absolute Gasteiger partial charge is 0.494 e. The first kappa shape index (κ1) is 21.3. The molecule has 1 aliphatic rings. The SMILES string of the molecule is CCOc1ccc(S(=O)(=O)N2CCC[C@@H](C(=O)Nc3cccc(F)c3)C2)cc1C. The van der Waals surface area contributed by atoms with E-state index >= 15 is 0 Å². The topological polar surface area (TPSA) is 75.7 Å². The fourth-order valence-corrected chi connectivity index (χ4v) is 5.04. The van der Waals surface area contributed by atoms with Crippen LogP contribution in [0.4, 0.5) is 10.1 Å². The van der Waals surface area contributed by atoms with Crippen molar-refractivity contribution >= 4 is 21.6 Å². The van der Waals surface area contributed by atoms with Gasteiger partial charge in [0.25, 0.3) is 0 Å². The standard InChI is InChI=1S/C21H25FN2O4S/c1-3-28-20-10-9-19(12-15(20)2)29(26,27)24-11-5-6-16(14-24)21(25)23-18-8-4-7-17(22)13-18/h4,7-10,12-13,16H,3,5-6,11,14H2,1-2H3,(H,23,25)/t16-/m1/s1. The van der Waals surface area contributed by atoms with E-state index in [0.717, 1.165) is 5.56 Å². The van der Waals surface area contributed by atoms with Crippen LogP contribution in [0.25, 0.3) is 0 Å². The van der Waals surface area contributed by atoms with Crippen molar-refractivity contribution in [3.63, 3.8) is 0 Å². The highest BCUT2D eigenvalue weighted by atomic mass is 32.2. The van der Waals surface area contributed by atoms with Gasteiger partial charge in [-0.2, -0.15) is 4.31 Å². The number of anilines is 1. The third kappa shape index (κ3) is 4.94. The lowest BCUT2D eigenvalue weighted by Crippen LogP contribution is -2.43. The Hall–Kier alpha value is -2.45. The highest BCUT2D eigenvalue weighted by Crippen LogP contribution is 2.28.